The SMILES string of the molecule is O=c1ncccn1[C@@H]1O[C@H](COP(=O)(O)O)[C@@H](O)[C@@H]1F. The van der Waals surface area contributed by atoms with Gasteiger partial charge < -0.3 is 19.6 Å². The van der Waals surface area contributed by atoms with E-state index in [0.29, 0.717) is 0 Å². The fraction of sp³-hybridized carbons (Fsp3) is 0.556. The van der Waals surface area contributed by atoms with Crippen molar-refractivity contribution in [2.24, 2.45) is 0 Å². The van der Waals surface area contributed by atoms with Crippen LogP contribution in [0.2, 0.25) is 0 Å². The molecular weight excluding hydrogens is 298 g/mol. The van der Waals surface area contributed by atoms with Crippen LogP contribution >= 0.6 is 7.82 Å². The Morgan fingerprint density at radius 3 is 2.85 bits per heavy atom. The van der Waals surface area contributed by atoms with E-state index in [0.717, 1.165) is 4.57 Å². The fourth-order valence-corrected chi connectivity index (χ4v) is 2.14. The summed E-state index contributed by atoms with van der Waals surface area (Å²) in [5.41, 5.74) is -0.774. The molecule has 1 aliphatic heterocycles. The van der Waals surface area contributed by atoms with Crippen molar-refractivity contribution in [1.82, 2.24) is 9.55 Å². The molecule has 0 unspecified atom stereocenters. The Hall–Kier alpha value is -1.16. The maximum atomic E-state index is 13.9. The van der Waals surface area contributed by atoms with Crippen molar-refractivity contribution in [2.45, 2.75) is 24.6 Å². The van der Waals surface area contributed by atoms with Gasteiger partial charge in [-0.05, 0) is 6.07 Å². The first-order valence-corrected chi connectivity index (χ1v) is 7.03. The minimum atomic E-state index is -4.76. The van der Waals surface area contributed by atoms with E-state index in [1.807, 2.05) is 0 Å². The van der Waals surface area contributed by atoms with Crippen LogP contribution in [0.5, 0.6) is 0 Å². The lowest BCUT2D eigenvalue weighted by atomic mass is 10.1. The van der Waals surface area contributed by atoms with Crippen LogP contribution in [0.4, 0.5) is 4.39 Å². The van der Waals surface area contributed by atoms with Gasteiger partial charge in [0.25, 0.3) is 0 Å². The van der Waals surface area contributed by atoms with Crippen LogP contribution in [0.25, 0.3) is 0 Å². The van der Waals surface area contributed by atoms with Gasteiger partial charge in [0.05, 0.1) is 6.61 Å². The lowest BCUT2D eigenvalue weighted by molar-refractivity contribution is -0.0483. The van der Waals surface area contributed by atoms with Crippen molar-refractivity contribution in [3.05, 3.63) is 28.9 Å². The Morgan fingerprint density at radius 1 is 1.55 bits per heavy atom. The van der Waals surface area contributed by atoms with Crippen molar-refractivity contribution in [3.8, 4) is 0 Å². The molecule has 20 heavy (non-hydrogen) atoms. The normalized spacial score (nSPS) is 30.6. The second kappa shape index (κ2) is 5.68. The summed E-state index contributed by atoms with van der Waals surface area (Å²) >= 11 is 0. The number of hydrogen-bond donors (Lipinski definition) is 3. The molecule has 2 rings (SSSR count). The Bertz CT molecular complexity index is 575. The van der Waals surface area contributed by atoms with Crippen LogP contribution in [-0.4, -0.2) is 49.4 Å². The summed E-state index contributed by atoms with van der Waals surface area (Å²) in [6.45, 7) is -0.711. The molecule has 9 nitrogen and oxygen atoms in total. The zero-order valence-electron chi connectivity index (χ0n) is 9.94. The summed E-state index contributed by atoms with van der Waals surface area (Å²) in [6.07, 6.45) is -3.94. The van der Waals surface area contributed by atoms with Crippen LogP contribution in [-0.2, 0) is 13.8 Å². The highest BCUT2D eigenvalue weighted by molar-refractivity contribution is 7.46. The third-order valence-electron chi connectivity index (χ3n) is 2.71. The summed E-state index contributed by atoms with van der Waals surface area (Å²) < 4.78 is 34.5. The van der Waals surface area contributed by atoms with Crippen molar-refractivity contribution in [1.29, 1.82) is 0 Å². The first-order chi connectivity index (χ1) is 9.29. The third-order valence-corrected chi connectivity index (χ3v) is 3.20. The molecule has 0 aliphatic carbocycles. The Balaban J connectivity index is 2.13. The standard InChI is InChI=1S/C9H12FN2O7P/c10-6-7(13)5(4-18-20(15,16)17)19-8(6)12-3-1-2-11-9(12)14/h1-3,5-8,13H,4H2,(H2,15,16,17)/t5-,6+,7-,8-/m1/s1. The smallest absolute Gasteiger partial charge is 0.387 e. The van der Waals surface area contributed by atoms with Gasteiger partial charge in [-0.25, -0.2) is 18.7 Å². The van der Waals surface area contributed by atoms with Crippen LogP contribution in [0.3, 0.4) is 0 Å². The molecule has 1 saturated heterocycles. The molecule has 0 radical (unpaired) electrons. The van der Waals surface area contributed by atoms with E-state index in [9.17, 15) is 18.9 Å². The van der Waals surface area contributed by atoms with Gasteiger partial charge in [0.2, 0.25) is 0 Å². The number of ether oxygens (including phenoxy) is 1. The molecule has 0 saturated carbocycles. The summed E-state index contributed by atoms with van der Waals surface area (Å²) in [5, 5.41) is 9.61. The predicted octanol–water partition coefficient (Wildman–Crippen LogP) is -1.05. The zero-order chi connectivity index (χ0) is 14.9. The Kier molecular flexibility index (Phi) is 4.33. The van der Waals surface area contributed by atoms with Gasteiger partial charge in [-0.3, -0.25) is 9.09 Å². The van der Waals surface area contributed by atoms with Crippen molar-refractivity contribution < 1.29 is 33.1 Å². The van der Waals surface area contributed by atoms with E-state index in [4.69, 9.17) is 14.5 Å². The minimum absolute atomic E-state index is 0.711. The van der Waals surface area contributed by atoms with Crippen molar-refractivity contribution in [2.75, 3.05) is 6.61 Å². The molecule has 1 fully saturated rings. The number of aromatic nitrogens is 2. The molecule has 0 bridgehead atoms. The van der Waals surface area contributed by atoms with E-state index in [1.165, 1.54) is 18.5 Å². The van der Waals surface area contributed by atoms with Crippen molar-refractivity contribution >= 4 is 7.82 Å². The lowest BCUT2D eigenvalue weighted by Gasteiger charge is -2.15. The molecule has 0 amide bonds. The molecule has 11 heteroatoms. The predicted molar refractivity (Wildman–Crippen MR) is 61.3 cm³/mol. The van der Waals surface area contributed by atoms with E-state index >= 15 is 0 Å². The highest BCUT2D eigenvalue weighted by Gasteiger charge is 2.46. The van der Waals surface area contributed by atoms with E-state index in [2.05, 4.69) is 9.51 Å². The van der Waals surface area contributed by atoms with E-state index < -0.39 is 44.7 Å². The highest BCUT2D eigenvalue weighted by Crippen LogP contribution is 2.38. The minimum Gasteiger partial charge on any atom is -0.387 e. The quantitative estimate of drug-likeness (QED) is 0.600. The van der Waals surface area contributed by atoms with Crippen LogP contribution in [0.15, 0.2) is 23.3 Å². The number of phosphoric acid groups is 1. The average molecular weight is 310 g/mol. The topological polar surface area (TPSA) is 131 Å². The number of aliphatic hydroxyl groups is 1. The molecule has 1 aliphatic rings. The number of nitrogens with zero attached hydrogens (tertiary/aromatic N) is 2. The maximum absolute atomic E-state index is 13.9. The molecule has 3 N–H and O–H groups in total. The molecule has 1 aromatic rings. The number of halogens is 1. The second-order valence-corrected chi connectivity index (χ2v) is 5.34. The van der Waals surface area contributed by atoms with Gasteiger partial charge in [0.15, 0.2) is 12.4 Å². The molecule has 0 aromatic carbocycles. The molecule has 112 valence electrons. The molecule has 0 spiro atoms. The fourth-order valence-electron chi connectivity index (χ4n) is 1.80. The van der Waals surface area contributed by atoms with Crippen LogP contribution in [0.1, 0.15) is 6.23 Å². The number of alkyl halides is 1. The van der Waals surface area contributed by atoms with Gasteiger partial charge in [0.1, 0.15) is 12.2 Å². The highest BCUT2D eigenvalue weighted by atomic mass is 31.2. The van der Waals surface area contributed by atoms with Gasteiger partial charge >= 0.3 is 13.5 Å². The monoisotopic (exact) mass is 310 g/mol. The van der Waals surface area contributed by atoms with E-state index in [1.54, 1.807) is 0 Å². The summed E-state index contributed by atoms with van der Waals surface area (Å²) in [5.74, 6) is 0. The third kappa shape index (κ3) is 3.29. The van der Waals surface area contributed by atoms with Gasteiger partial charge in [-0.1, -0.05) is 0 Å². The van der Waals surface area contributed by atoms with Crippen LogP contribution in [0, 0.1) is 0 Å². The first-order valence-electron chi connectivity index (χ1n) is 5.50. The maximum Gasteiger partial charge on any atom is 0.469 e. The zero-order valence-corrected chi connectivity index (χ0v) is 10.8. The molecule has 4 atom stereocenters. The molecular formula is C9H12FN2O7P. The molecule has 1 aromatic heterocycles. The van der Waals surface area contributed by atoms with Gasteiger partial charge in [0, 0.05) is 12.4 Å². The number of phosphoric ester groups is 1. The largest absolute Gasteiger partial charge is 0.469 e. The summed E-state index contributed by atoms with van der Waals surface area (Å²) in [7, 11) is -4.76. The van der Waals surface area contributed by atoms with E-state index in [-0.39, 0.29) is 0 Å². The second-order valence-electron chi connectivity index (χ2n) is 4.10. The number of aliphatic hydroxyl groups excluding tert-OH is 1. The average Bonchev–Trinajstić information content (AvgIpc) is 2.64. The number of hydrogen-bond acceptors (Lipinski definition) is 6. The molecule has 2 heterocycles. The van der Waals surface area contributed by atoms with Crippen molar-refractivity contribution in [3.63, 3.8) is 0 Å². The Labute approximate surface area is 111 Å². The van der Waals surface area contributed by atoms with Gasteiger partial charge in [-0.2, -0.15) is 0 Å². The first kappa shape index (κ1) is 15.2. The lowest BCUT2D eigenvalue weighted by Crippen LogP contribution is -2.33. The number of rotatable bonds is 4. The van der Waals surface area contributed by atoms with Crippen LogP contribution < -0.4 is 5.69 Å². The summed E-state index contributed by atoms with van der Waals surface area (Å²) in [4.78, 5) is 32.0. The summed E-state index contributed by atoms with van der Waals surface area (Å²) in [6, 6.07) is 1.38. The Morgan fingerprint density at radius 2 is 2.25 bits per heavy atom. The van der Waals surface area contributed by atoms with Gasteiger partial charge in [-0.15, -0.1) is 0 Å².